The molecule has 0 unspecified atom stereocenters. The Kier molecular flexibility index (Phi) is 4.94. The Labute approximate surface area is 206 Å². The summed E-state index contributed by atoms with van der Waals surface area (Å²) < 4.78 is 6.50. The van der Waals surface area contributed by atoms with Crippen LogP contribution in [0, 0.1) is 5.92 Å². The summed E-state index contributed by atoms with van der Waals surface area (Å²) in [5, 5.41) is 27.8. The molecule has 184 valence electrons. The lowest BCUT2D eigenvalue weighted by Gasteiger charge is -2.63. The number of benzene rings is 2. The first-order valence-electron chi connectivity index (χ1n) is 13.3. The molecule has 2 heterocycles. The Hall–Kier alpha value is -2.57. The molecule has 35 heavy (non-hydrogen) atoms. The molecule has 4 atom stereocenters. The molecule has 1 saturated heterocycles. The van der Waals surface area contributed by atoms with E-state index < -0.39 is 11.0 Å². The van der Waals surface area contributed by atoms with E-state index in [9.17, 15) is 10.2 Å². The lowest BCUT2D eigenvalue weighted by atomic mass is 9.49. The molecule has 6 heteroatoms. The van der Waals surface area contributed by atoms with Gasteiger partial charge in [-0.3, -0.25) is 4.90 Å². The van der Waals surface area contributed by atoms with Crippen molar-refractivity contribution >= 4 is 5.71 Å². The normalized spacial score (nSPS) is 33.9. The van der Waals surface area contributed by atoms with Crippen LogP contribution in [-0.4, -0.2) is 58.3 Å². The van der Waals surface area contributed by atoms with Crippen LogP contribution in [-0.2, 0) is 23.1 Å². The molecule has 2 aliphatic heterocycles. The number of phenols is 1. The molecule has 7 rings (SSSR count). The average Bonchev–Trinajstić information content (AvgIpc) is 3.61. The van der Waals surface area contributed by atoms with Crippen molar-refractivity contribution in [3.05, 3.63) is 59.2 Å². The van der Waals surface area contributed by atoms with Crippen LogP contribution in [0.5, 0.6) is 11.5 Å². The largest absolute Gasteiger partial charge is 0.504 e. The van der Waals surface area contributed by atoms with E-state index in [1.807, 2.05) is 12.1 Å². The van der Waals surface area contributed by atoms with Gasteiger partial charge in [-0.25, -0.2) is 0 Å². The first-order valence-corrected chi connectivity index (χ1v) is 13.3. The first kappa shape index (κ1) is 21.7. The van der Waals surface area contributed by atoms with Gasteiger partial charge in [-0.1, -0.05) is 41.6 Å². The van der Waals surface area contributed by atoms with Gasteiger partial charge in [0, 0.05) is 18.2 Å². The lowest BCUT2D eigenvalue weighted by molar-refractivity contribution is -0.167. The number of phenolic OH excluding ortho intramolecular Hbond substituents is 1. The van der Waals surface area contributed by atoms with E-state index in [4.69, 9.17) is 9.57 Å². The highest BCUT2D eigenvalue weighted by molar-refractivity contribution is 5.94. The van der Waals surface area contributed by atoms with Crippen molar-refractivity contribution in [2.24, 2.45) is 11.1 Å². The molecule has 6 nitrogen and oxygen atoms in total. The number of aryl methyl sites for hydroxylation is 1. The maximum atomic E-state index is 12.5. The van der Waals surface area contributed by atoms with E-state index in [2.05, 4.69) is 34.3 Å². The summed E-state index contributed by atoms with van der Waals surface area (Å²) in [6.07, 6.45) is 7.01. The molecular weight excluding hydrogens is 440 g/mol. The number of hydrogen-bond donors (Lipinski definition) is 2. The smallest absolute Gasteiger partial charge is 0.166 e. The van der Waals surface area contributed by atoms with E-state index in [1.165, 1.54) is 24.0 Å². The third-order valence-corrected chi connectivity index (χ3v) is 9.30. The minimum absolute atomic E-state index is 0.0827. The standard InChI is InChI=1S/C29H34N2O4/c32-23-11-10-21-17-24-29(33)13-12-22(30-34-16-4-7-19-5-2-1-3-6-19)27-28(29,25(21)26(23)35-27)14-15-31(24)18-20-8-9-20/h1-3,5-6,10-11,20,24,27,32-33H,4,7-9,12-18H2/b30-22+/t24-,27+,28+,29-/m1/s1. The molecule has 2 aromatic carbocycles. The van der Waals surface area contributed by atoms with Crippen molar-refractivity contribution in [3.8, 4) is 11.5 Å². The predicted octanol–water partition coefficient (Wildman–Crippen LogP) is 3.96. The maximum absolute atomic E-state index is 12.5. The molecule has 0 radical (unpaired) electrons. The van der Waals surface area contributed by atoms with Crippen LogP contribution in [0.2, 0.25) is 0 Å². The van der Waals surface area contributed by atoms with Crippen molar-refractivity contribution in [1.82, 2.24) is 4.90 Å². The fourth-order valence-corrected chi connectivity index (χ4v) is 7.49. The second-order valence-corrected chi connectivity index (χ2v) is 11.3. The van der Waals surface area contributed by atoms with E-state index in [0.29, 0.717) is 25.2 Å². The van der Waals surface area contributed by atoms with Crippen LogP contribution in [0.1, 0.15) is 55.2 Å². The summed E-state index contributed by atoms with van der Waals surface area (Å²) in [5.74, 6) is 1.50. The van der Waals surface area contributed by atoms with Crippen LogP contribution in [0.3, 0.4) is 0 Å². The van der Waals surface area contributed by atoms with Crippen LogP contribution in [0.4, 0.5) is 0 Å². The Morgan fingerprint density at radius 2 is 1.97 bits per heavy atom. The van der Waals surface area contributed by atoms with Gasteiger partial charge in [0.05, 0.1) is 16.7 Å². The molecule has 1 spiro atoms. The number of aromatic hydroxyl groups is 1. The zero-order valence-electron chi connectivity index (χ0n) is 20.2. The lowest BCUT2D eigenvalue weighted by Crippen LogP contribution is -2.76. The van der Waals surface area contributed by atoms with Gasteiger partial charge in [-0.2, -0.15) is 0 Å². The average molecular weight is 475 g/mol. The third kappa shape index (κ3) is 3.19. The van der Waals surface area contributed by atoms with Gasteiger partial charge >= 0.3 is 0 Å². The summed E-state index contributed by atoms with van der Waals surface area (Å²) in [6.45, 7) is 2.58. The molecule has 3 fully saturated rings. The van der Waals surface area contributed by atoms with E-state index in [1.54, 1.807) is 6.07 Å². The Bertz CT molecular complexity index is 1160. The number of ether oxygens (including phenoxy) is 1. The minimum Gasteiger partial charge on any atom is -0.504 e. The van der Waals surface area contributed by atoms with E-state index >= 15 is 0 Å². The van der Waals surface area contributed by atoms with Crippen LogP contribution in [0.25, 0.3) is 0 Å². The monoisotopic (exact) mass is 474 g/mol. The fourth-order valence-electron chi connectivity index (χ4n) is 7.49. The van der Waals surface area contributed by atoms with E-state index in [0.717, 1.165) is 56.0 Å². The maximum Gasteiger partial charge on any atom is 0.166 e. The number of nitrogens with zero attached hydrogens (tertiary/aromatic N) is 2. The molecule has 3 aliphatic carbocycles. The summed E-state index contributed by atoms with van der Waals surface area (Å²) in [7, 11) is 0. The van der Waals surface area contributed by atoms with Gasteiger partial charge in [0.1, 0.15) is 6.61 Å². The van der Waals surface area contributed by atoms with Gasteiger partial charge in [-0.05, 0) is 81.0 Å². The zero-order valence-corrected chi connectivity index (χ0v) is 20.2. The van der Waals surface area contributed by atoms with Crippen molar-refractivity contribution in [1.29, 1.82) is 0 Å². The second kappa shape index (κ2) is 7.97. The van der Waals surface area contributed by atoms with Crippen molar-refractivity contribution in [3.63, 3.8) is 0 Å². The topological polar surface area (TPSA) is 74.5 Å². The Morgan fingerprint density at radius 3 is 2.80 bits per heavy atom. The van der Waals surface area contributed by atoms with Crippen molar-refractivity contribution in [2.45, 2.75) is 74.5 Å². The van der Waals surface area contributed by atoms with E-state index in [-0.39, 0.29) is 17.9 Å². The molecule has 2 N–H and O–H groups in total. The molecular formula is C29H34N2O4. The minimum atomic E-state index is -0.886. The fraction of sp³-hybridized carbons (Fsp3) is 0.552. The number of likely N-dealkylation sites (tertiary alicyclic amines) is 1. The van der Waals surface area contributed by atoms with Crippen LogP contribution in [0.15, 0.2) is 47.6 Å². The number of piperidine rings is 1. The molecule has 5 aliphatic rings. The van der Waals surface area contributed by atoms with Gasteiger partial charge in [0.2, 0.25) is 0 Å². The van der Waals surface area contributed by atoms with Crippen LogP contribution >= 0.6 is 0 Å². The van der Waals surface area contributed by atoms with Gasteiger partial charge in [0.15, 0.2) is 17.6 Å². The highest BCUT2D eigenvalue weighted by Gasteiger charge is 2.72. The first-order chi connectivity index (χ1) is 17.1. The van der Waals surface area contributed by atoms with Gasteiger partial charge < -0.3 is 19.8 Å². The highest BCUT2D eigenvalue weighted by atomic mass is 16.6. The van der Waals surface area contributed by atoms with Crippen LogP contribution < -0.4 is 4.74 Å². The molecule has 0 amide bonds. The molecule has 2 bridgehead atoms. The summed E-state index contributed by atoms with van der Waals surface area (Å²) in [5.41, 5.74) is 2.96. The summed E-state index contributed by atoms with van der Waals surface area (Å²) >= 11 is 0. The Balaban J connectivity index is 1.18. The van der Waals surface area contributed by atoms with Crippen molar-refractivity contribution < 1.29 is 19.8 Å². The second-order valence-electron chi connectivity index (χ2n) is 11.3. The number of aliphatic hydroxyl groups is 1. The quantitative estimate of drug-likeness (QED) is 0.469. The molecule has 0 aromatic heterocycles. The van der Waals surface area contributed by atoms with Gasteiger partial charge in [-0.15, -0.1) is 0 Å². The predicted molar refractivity (Wildman–Crippen MR) is 133 cm³/mol. The third-order valence-electron chi connectivity index (χ3n) is 9.30. The number of oxime groups is 1. The summed E-state index contributed by atoms with van der Waals surface area (Å²) in [4.78, 5) is 8.37. The molecule has 2 saturated carbocycles. The highest BCUT2D eigenvalue weighted by Crippen LogP contribution is 2.65. The Morgan fingerprint density at radius 1 is 1.11 bits per heavy atom. The number of hydrogen-bond acceptors (Lipinski definition) is 6. The number of rotatable bonds is 7. The SMILES string of the molecule is Oc1ccc2c3c1O[C@H]1/C(=N/OCCCc4ccccc4)CC[C@@]4(O)[C@@H](C2)N(CC2CC2)CC[C@]314. The van der Waals surface area contributed by atoms with Gasteiger partial charge in [0.25, 0.3) is 0 Å². The zero-order chi connectivity index (χ0) is 23.6. The molecule has 2 aromatic rings. The van der Waals surface area contributed by atoms with Crippen molar-refractivity contribution in [2.75, 3.05) is 19.7 Å². The summed E-state index contributed by atoms with van der Waals surface area (Å²) in [6, 6.07) is 14.3.